The number of rotatable bonds is 6. The third-order valence-electron chi connectivity index (χ3n) is 4.48. The quantitative estimate of drug-likeness (QED) is 0.473. The molecule has 8 nitrogen and oxygen atoms in total. The minimum atomic E-state index is -0.267. The Hall–Kier alpha value is -3.77. The average molecular weight is 419 g/mol. The molecule has 0 aliphatic carbocycles. The molecule has 0 aliphatic heterocycles. The molecule has 9 heteroatoms. The number of ether oxygens (including phenoxy) is 1. The maximum Gasteiger partial charge on any atom is 0.234 e. The van der Waals surface area contributed by atoms with Gasteiger partial charge in [0, 0.05) is 18.0 Å². The first-order valence-electron chi connectivity index (χ1n) is 8.99. The third-order valence-corrected chi connectivity index (χ3v) is 5.50. The number of fused-ring (bicyclic) bond motifs is 1. The molecule has 1 amide bonds. The Morgan fingerprint density at radius 2 is 2.00 bits per heavy atom. The topological polar surface area (TPSA) is 106 Å². The number of hydrogen-bond donors (Lipinski definition) is 1. The number of carbonyl (C=O) groups excluding carboxylic acids is 1. The summed E-state index contributed by atoms with van der Waals surface area (Å²) in [7, 11) is 3.46. The Morgan fingerprint density at radius 3 is 2.73 bits per heavy atom. The first kappa shape index (κ1) is 19.5. The summed E-state index contributed by atoms with van der Waals surface area (Å²) in [4.78, 5) is 12.5. The van der Waals surface area contributed by atoms with Crippen LogP contribution in [0.1, 0.15) is 5.76 Å². The van der Waals surface area contributed by atoms with Gasteiger partial charge in [0.1, 0.15) is 23.1 Å². The molecular weight excluding hydrogens is 402 g/mol. The van der Waals surface area contributed by atoms with E-state index in [0.29, 0.717) is 27.6 Å². The van der Waals surface area contributed by atoms with Crippen molar-refractivity contribution in [3.8, 4) is 23.2 Å². The molecule has 150 valence electrons. The van der Waals surface area contributed by atoms with Crippen LogP contribution < -0.4 is 10.1 Å². The molecule has 0 saturated heterocycles. The Morgan fingerprint density at radius 1 is 1.23 bits per heavy atom. The molecule has 2 heterocycles. The van der Waals surface area contributed by atoms with E-state index in [0.717, 1.165) is 11.3 Å². The largest absolute Gasteiger partial charge is 0.497 e. The van der Waals surface area contributed by atoms with Crippen LogP contribution in [0.5, 0.6) is 5.75 Å². The van der Waals surface area contributed by atoms with Crippen molar-refractivity contribution >= 4 is 34.3 Å². The second-order valence-electron chi connectivity index (χ2n) is 6.34. The molecule has 0 aliphatic rings. The predicted molar refractivity (Wildman–Crippen MR) is 113 cm³/mol. The number of nitrogens with one attached hydrogen (secondary N) is 1. The summed E-state index contributed by atoms with van der Waals surface area (Å²) in [6.07, 6.45) is 0. The van der Waals surface area contributed by atoms with Gasteiger partial charge in [-0.05, 0) is 36.4 Å². The van der Waals surface area contributed by atoms with Gasteiger partial charge in [-0.3, -0.25) is 4.79 Å². The highest BCUT2D eigenvalue weighted by molar-refractivity contribution is 7.99. The van der Waals surface area contributed by atoms with E-state index in [1.165, 1.54) is 11.8 Å². The Kier molecular flexibility index (Phi) is 5.41. The highest BCUT2D eigenvalue weighted by atomic mass is 32.2. The zero-order valence-electron chi connectivity index (χ0n) is 16.2. The van der Waals surface area contributed by atoms with Gasteiger partial charge in [0.25, 0.3) is 0 Å². The molecule has 0 saturated carbocycles. The summed E-state index contributed by atoms with van der Waals surface area (Å²) in [5.41, 5.74) is 1.83. The van der Waals surface area contributed by atoms with Crippen molar-refractivity contribution in [2.45, 2.75) is 5.16 Å². The number of hydrogen-bond acceptors (Lipinski definition) is 7. The van der Waals surface area contributed by atoms with Crippen molar-refractivity contribution in [1.82, 2.24) is 14.8 Å². The SMILES string of the molecule is COc1ccc(-c2nnc(SCC(=O)Nc3c(C#N)oc4ccccc34)n2C)cc1. The van der Waals surface area contributed by atoms with Crippen LogP contribution in [0.2, 0.25) is 0 Å². The van der Waals surface area contributed by atoms with E-state index in [1.54, 1.807) is 19.2 Å². The summed E-state index contributed by atoms with van der Waals surface area (Å²) in [6.45, 7) is 0. The molecule has 0 bridgehead atoms. The van der Waals surface area contributed by atoms with Crippen LogP contribution in [0.4, 0.5) is 5.69 Å². The van der Waals surface area contributed by atoms with E-state index in [-0.39, 0.29) is 17.4 Å². The number of amides is 1. The molecular formula is C21H17N5O3S. The maximum absolute atomic E-state index is 12.5. The van der Waals surface area contributed by atoms with E-state index in [1.807, 2.05) is 54.1 Å². The first-order chi connectivity index (χ1) is 14.6. The Bertz CT molecular complexity index is 1250. The predicted octanol–water partition coefficient (Wildman–Crippen LogP) is 3.84. The standard InChI is InChI=1S/C21H17N5O3S/c1-26-20(13-7-9-14(28-2)10-8-13)24-25-21(26)30-12-18(27)23-19-15-5-3-4-6-16(15)29-17(19)11-22/h3-10H,12H2,1-2H3,(H,23,27). The van der Waals surface area contributed by atoms with Crippen molar-refractivity contribution in [2.24, 2.45) is 7.05 Å². The highest BCUT2D eigenvalue weighted by Gasteiger charge is 2.18. The highest BCUT2D eigenvalue weighted by Crippen LogP contribution is 2.31. The van der Waals surface area contributed by atoms with Crippen molar-refractivity contribution in [1.29, 1.82) is 5.26 Å². The molecule has 0 spiro atoms. The summed E-state index contributed by atoms with van der Waals surface area (Å²) in [5.74, 6) is 1.37. The number of carbonyl (C=O) groups is 1. The lowest BCUT2D eigenvalue weighted by molar-refractivity contribution is -0.113. The number of methoxy groups -OCH3 is 1. The van der Waals surface area contributed by atoms with E-state index in [9.17, 15) is 10.1 Å². The molecule has 0 radical (unpaired) electrons. The van der Waals surface area contributed by atoms with Crippen molar-refractivity contribution in [2.75, 3.05) is 18.2 Å². The van der Waals surface area contributed by atoms with Crippen molar-refractivity contribution in [3.05, 3.63) is 54.3 Å². The Balaban J connectivity index is 1.46. The number of nitriles is 1. The minimum absolute atomic E-state index is 0.0787. The van der Waals surface area contributed by atoms with Crippen molar-refractivity contribution in [3.63, 3.8) is 0 Å². The van der Waals surface area contributed by atoms with Gasteiger partial charge in [0.2, 0.25) is 11.7 Å². The lowest BCUT2D eigenvalue weighted by Crippen LogP contribution is -2.15. The lowest BCUT2D eigenvalue weighted by atomic mass is 10.2. The number of nitrogens with zero attached hydrogens (tertiary/aromatic N) is 4. The maximum atomic E-state index is 12.5. The smallest absolute Gasteiger partial charge is 0.234 e. The fourth-order valence-electron chi connectivity index (χ4n) is 2.99. The molecule has 2 aromatic carbocycles. The van der Waals surface area contributed by atoms with E-state index < -0.39 is 0 Å². The van der Waals surface area contributed by atoms with Crippen LogP contribution in [0.3, 0.4) is 0 Å². The van der Waals surface area contributed by atoms with Gasteiger partial charge in [-0.25, -0.2) is 0 Å². The summed E-state index contributed by atoms with van der Waals surface area (Å²) in [5, 5.41) is 21.8. The Labute approximate surface area is 176 Å². The van der Waals surface area contributed by atoms with Crippen LogP contribution in [-0.2, 0) is 11.8 Å². The first-order valence-corrected chi connectivity index (χ1v) is 9.97. The molecule has 30 heavy (non-hydrogen) atoms. The van der Waals surface area contributed by atoms with Crippen LogP contribution in [0, 0.1) is 11.3 Å². The molecule has 0 atom stereocenters. The van der Waals surface area contributed by atoms with Gasteiger partial charge in [0.15, 0.2) is 11.0 Å². The van der Waals surface area contributed by atoms with Gasteiger partial charge in [0.05, 0.1) is 12.9 Å². The fraction of sp³-hybridized carbons (Fsp3) is 0.143. The summed E-state index contributed by atoms with van der Waals surface area (Å²) >= 11 is 1.26. The normalized spacial score (nSPS) is 10.7. The summed E-state index contributed by atoms with van der Waals surface area (Å²) in [6, 6.07) is 16.7. The molecule has 1 N–H and O–H groups in total. The van der Waals surface area contributed by atoms with Gasteiger partial charge in [-0.15, -0.1) is 10.2 Å². The monoisotopic (exact) mass is 419 g/mol. The van der Waals surface area contributed by atoms with Gasteiger partial charge in [-0.2, -0.15) is 5.26 Å². The van der Waals surface area contributed by atoms with Crippen LogP contribution >= 0.6 is 11.8 Å². The van der Waals surface area contributed by atoms with Crippen LogP contribution in [0.15, 0.2) is 58.1 Å². The second-order valence-corrected chi connectivity index (χ2v) is 7.29. The molecule has 4 rings (SSSR count). The average Bonchev–Trinajstić information content (AvgIpc) is 3.32. The number of benzene rings is 2. The van der Waals surface area contributed by atoms with Crippen molar-refractivity contribution < 1.29 is 13.9 Å². The van der Waals surface area contributed by atoms with Gasteiger partial charge < -0.3 is 19.0 Å². The second kappa shape index (κ2) is 8.31. The number of para-hydroxylation sites is 1. The van der Waals surface area contributed by atoms with E-state index >= 15 is 0 Å². The van der Waals surface area contributed by atoms with E-state index in [4.69, 9.17) is 9.15 Å². The third kappa shape index (κ3) is 3.73. The summed E-state index contributed by atoms with van der Waals surface area (Å²) < 4.78 is 12.5. The molecule has 4 aromatic rings. The number of thioether (sulfide) groups is 1. The molecule has 0 unspecified atom stereocenters. The van der Waals surface area contributed by atoms with Crippen LogP contribution in [-0.4, -0.2) is 33.5 Å². The van der Waals surface area contributed by atoms with E-state index in [2.05, 4.69) is 15.5 Å². The number of anilines is 1. The number of furan rings is 1. The van der Waals surface area contributed by atoms with Crippen LogP contribution in [0.25, 0.3) is 22.4 Å². The van der Waals surface area contributed by atoms with Gasteiger partial charge >= 0.3 is 0 Å². The molecule has 0 fully saturated rings. The zero-order valence-corrected chi connectivity index (χ0v) is 17.1. The number of aromatic nitrogens is 3. The van der Waals surface area contributed by atoms with Gasteiger partial charge in [-0.1, -0.05) is 23.9 Å². The fourth-order valence-corrected chi connectivity index (χ4v) is 3.70. The molecule has 2 aromatic heterocycles. The zero-order chi connectivity index (χ0) is 21.1. The minimum Gasteiger partial charge on any atom is -0.497 e. The lowest BCUT2D eigenvalue weighted by Gasteiger charge is -2.06.